The Bertz CT molecular complexity index is 567. The third-order valence-electron chi connectivity index (χ3n) is 3.42. The smallest absolute Gasteiger partial charge is 0.320 e. The summed E-state index contributed by atoms with van der Waals surface area (Å²) in [5.41, 5.74) is 0.873. The first kappa shape index (κ1) is 15.2. The molecule has 1 aliphatic carbocycles. The summed E-state index contributed by atoms with van der Waals surface area (Å²) in [6.45, 7) is 1.33. The molecule has 6 heteroatoms. The molecule has 21 heavy (non-hydrogen) atoms. The molecule has 0 heterocycles. The number of anilines is 1. The van der Waals surface area contributed by atoms with Crippen LogP contribution in [0.15, 0.2) is 24.3 Å². The predicted molar refractivity (Wildman–Crippen MR) is 77.2 cm³/mol. The molecule has 6 nitrogen and oxygen atoms in total. The topological polar surface area (TPSA) is 95.5 Å². The predicted octanol–water partition coefficient (Wildman–Crippen LogP) is 1.28. The monoisotopic (exact) mass is 290 g/mol. The van der Waals surface area contributed by atoms with Crippen LogP contribution in [0.4, 0.5) is 5.69 Å². The molecule has 1 atom stereocenters. The quantitative estimate of drug-likeness (QED) is 0.657. The van der Waals surface area contributed by atoms with Crippen molar-refractivity contribution in [1.82, 2.24) is 5.32 Å². The first-order valence-electron chi connectivity index (χ1n) is 6.85. The summed E-state index contributed by atoms with van der Waals surface area (Å²) in [7, 11) is 0. The second-order valence-corrected chi connectivity index (χ2v) is 5.18. The van der Waals surface area contributed by atoms with E-state index in [1.165, 1.54) is 6.92 Å². The van der Waals surface area contributed by atoms with E-state index < -0.39 is 12.0 Å². The molecule has 1 aromatic carbocycles. The van der Waals surface area contributed by atoms with E-state index in [0.717, 1.165) is 12.8 Å². The molecular weight excluding hydrogens is 272 g/mol. The number of carbonyl (C=O) groups is 3. The molecule has 1 aromatic rings. The summed E-state index contributed by atoms with van der Waals surface area (Å²) in [6.07, 6.45) is 1.75. The molecule has 0 aliphatic heterocycles. The van der Waals surface area contributed by atoms with Crippen molar-refractivity contribution in [2.75, 3.05) is 11.9 Å². The summed E-state index contributed by atoms with van der Waals surface area (Å²) in [6, 6.07) is 6.04. The molecule has 1 unspecified atom stereocenters. The third-order valence-corrected chi connectivity index (χ3v) is 3.42. The number of carbonyl (C=O) groups excluding carboxylic acids is 2. The van der Waals surface area contributed by atoms with Crippen molar-refractivity contribution < 1.29 is 19.5 Å². The van der Waals surface area contributed by atoms with Gasteiger partial charge in [0.15, 0.2) is 5.78 Å². The lowest BCUT2D eigenvalue weighted by Crippen LogP contribution is -2.42. The van der Waals surface area contributed by atoms with Crippen LogP contribution in [0, 0.1) is 5.92 Å². The van der Waals surface area contributed by atoms with Crippen LogP contribution in [0.5, 0.6) is 0 Å². The number of hydrogen-bond acceptors (Lipinski definition) is 4. The lowest BCUT2D eigenvalue weighted by Gasteiger charge is -2.14. The molecule has 0 radical (unpaired) electrons. The van der Waals surface area contributed by atoms with Gasteiger partial charge >= 0.3 is 5.97 Å². The molecule has 0 spiro atoms. The Hall–Kier alpha value is -2.21. The zero-order valence-electron chi connectivity index (χ0n) is 11.8. The molecular formula is C15H18N2O4. The molecule has 3 N–H and O–H groups in total. The van der Waals surface area contributed by atoms with E-state index in [2.05, 4.69) is 10.6 Å². The Labute approximate surface area is 122 Å². The Morgan fingerprint density at radius 3 is 2.52 bits per heavy atom. The zero-order chi connectivity index (χ0) is 15.4. The summed E-state index contributed by atoms with van der Waals surface area (Å²) >= 11 is 0. The maximum absolute atomic E-state index is 11.9. The Morgan fingerprint density at radius 2 is 1.95 bits per heavy atom. The number of benzene rings is 1. The number of para-hydroxylation sites is 1. The number of carboxylic acids is 1. The van der Waals surface area contributed by atoms with Crippen molar-refractivity contribution in [3.63, 3.8) is 0 Å². The van der Waals surface area contributed by atoms with Crippen LogP contribution in [-0.4, -0.2) is 35.4 Å². The Morgan fingerprint density at radius 1 is 1.29 bits per heavy atom. The molecule has 0 bridgehead atoms. The van der Waals surface area contributed by atoms with Gasteiger partial charge in [0.05, 0.1) is 12.2 Å². The van der Waals surface area contributed by atoms with E-state index in [9.17, 15) is 14.4 Å². The largest absolute Gasteiger partial charge is 0.480 e. The highest BCUT2D eigenvalue weighted by Crippen LogP contribution is 2.32. The van der Waals surface area contributed by atoms with Crippen molar-refractivity contribution in [2.24, 2.45) is 5.92 Å². The molecule has 1 amide bonds. The van der Waals surface area contributed by atoms with Crippen molar-refractivity contribution in [3.8, 4) is 0 Å². The van der Waals surface area contributed by atoms with Crippen molar-refractivity contribution >= 4 is 23.3 Å². The molecule has 112 valence electrons. The van der Waals surface area contributed by atoms with E-state index in [1.54, 1.807) is 24.3 Å². The van der Waals surface area contributed by atoms with Gasteiger partial charge in [-0.25, -0.2) is 0 Å². The number of nitrogens with one attached hydrogen (secondary N) is 2. The average molecular weight is 290 g/mol. The highest BCUT2D eigenvalue weighted by Gasteiger charge is 2.36. The van der Waals surface area contributed by atoms with Gasteiger partial charge in [0.25, 0.3) is 0 Å². The summed E-state index contributed by atoms with van der Waals surface area (Å²) in [5, 5.41) is 14.4. The Balaban J connectivity index is 1.93. The van der Waals surface area contributed by atoms with E-state index in [-0.39, 0.29) is 24.2 Å². The maximum Gasteiger partial charge on any atom is 0.320 e. The fraction of sp³-hybridized carbons (Fsp3) is 0.400. The van der Waals surface area contributed by atoms with Crippen LogP contribution >= 0.6 is 0 Å². The van der Waals surface area contributed by atoms with E-state index in [4.69, 9.17) is 5.11 Å². The standard InChI is InChI=1S/C15H18N2O4/c1-9(18)11-4-2-3-5-12(11)17-13(19)8-16-14(15(20)21)10-6-7-10/h2-5,10,14,16H,6-8H2,1H3,(H,17,19)(H,20,21). The number of carboxylic acid groups (broad SMARTS) is 1. The average Bonchev–Trinajstić information content (AvgIpc) is 3.23. The summed E-state index contributed by atoms with van der Waals surface area (Å²) in [5.74, 6) is -1.33. The zero-order valence-corrected chi connectivity index (χ0v) is 11.8. The van der Waals surface area contributed by atoms with Gasteiger partial charge in [0.1, 0.15) is 6.04 Å². The fourth-order valence-electron chi connectivity index (χ4n) is 2.18. The molecule has 1 fully saturated rings. The first-order chi connectivity index (χ1) is 9.99. The van der Waals surface area contributed by atoms with Crippen molar-refractivity contribution in [2.45, 2.75) is 25.8 Å². The van der Waals surface area contributed by atoms with Gasteiger partial charge in [-0.15, -0.1) is 0 Å². The van der Waals surface area contributed by atoms with Gasteiger partial charge in [-0.3, -0.25) is 19.7 Å². The number of aliphatic carboxylic acids is 1. The highest BCUT2D eigenvalue weighted by molar-refractivity contribution is 6.04. The molecule has 0 aromatic heterocycles. The summed E-state index contributed by atoms with van der Waals surface area (Å²) < 4.78 is 0. The second kappa shape index (κ2) is 6.49. The molecule has 0 saturated heterocycles. The lowest BCUT2D eigenvalue weighted by molar-refractivity contribution is -0.140. The molecule has 1 saturated carbocycles. The minimum atomic E-state index is -0.936. The summed E-state index contributed by atoms with van der Waals surface area (Å²) in [4.78, 5) is 34.4. The van der Waals surface area contributed by atoms with Crippen LogP contribution in [0.25, 0.3) is 0 Å². The van der Waals surface area contributed by atoms with E-state index in [0.29, 0.717) is 11.3 Å². The first-order valence-corrected chi connectivity index (χ1v) is 6.85. The normalized spacial score (nSPS) is 15.3. The van der Waals surface area contributed by atoms with Gasteiger partial charge in [-0.05, 0) is 37.8 Å². The van der Waals surface area contributed by atoms with Gasteiger partial charge in [0.2, 0.25) is 5.91 Å². The van der Waals surface area contributed by atoms with E-state index >= 15 is 0 Å². The van der Waals surface area contributed by atoms with Crippen LogP contribution in [0.3, 0.4) is 0 Å². The maximum atomic E-state index is 11.9. The van der Waals surface area contributed by atoms with Crippen LogP contribution < -0.4 is 10.6 Å². The molecule has 2 rings (SSSR count). The SMILES string of the molecule is CC(=O)c1ccccc1NC(=O)CNC(C(=O)O)C1CC1. The number of amides is 1. The van der Waals surface area contributed by atoms with Gasteiger partial charge in [0, 0.05) is 5.56 Å². The minimum Gasteiger partial charge on any atom is -0.480 e. The lowest BCUT2D eigenvalue weighted by atomic mass is 10.1. The van der Waals surface area contributed by atoms with Crippen LogP contribution in [0.1, 0.15) is 30.1 Å². The fourth-order valence-corrected chi connectivity index (χ4v) is 2.18. The van der Waals surface area contributed by atoms with Crippen molar-refractivity contribution in [3.05, 3.63) is 29.8 Å². The minimum absolute atomic E-state index is 0.0975. The van der Waals surface area contributed by atoms with Gasteiger partial charge in [-0.2, -0.15) is 0 Å². The third kappa shape index (κ3) is 4.13. The number of rotatable bonds is 7. The highest BCUT2D eigenvalue weighted by atomic mass is 16.4. The van der Waals surface area contributed by atoms with E-state index in [1.807, 2.05) is 0 Å². The van der Waals surface area contributed by atoms with Crippen molar-refractivity contribution in [1.29, 1.82) is 0 Å². The number of ketones is 1. The number of hydrogen-bond donors (Lipinski definition) is 3. The molecule has 1 aliphatic rings. The Kier molecular flexibility index (Phi) is 4.70. The van der Waals surface area contributed by atoms with Gasteiger partial charge in [-0.1, -0.05) is 12.1 Å². The second-order valence-electron chi connectivity index (χ2n) is 5.18. The number of Topliss-reactive ketones (excluding diaryl/α,β-unsaturated/α-hetero) is 1. The van der Waals surface area contributed by atoms with Crippen LogP contribution in [-0.2, 0) is 9.59 Å². The van der Waals surface area contributed by atoms with Gasteiger partial charge < -0.3 is 10.4 Å². The van der Waals surface area contributed by atoms with Crippen LogP contribution in [0.2, 0.25) is 0 Å².